The molecule has 0 radical (unpaired) electrons. The van der Waals surface area contributed by atoms with Crippen molar-refractivity contribution in [3.8, 4) is 5.75 Å². The van der Waals surface area contributed by atoms with Gasteiger partial charge in [-0.3, -0.25) is 0 Å². The molecule has 0 unspecified atom stereocenters. The van der Waals surface area contributed by atoms with Gasteiger partial charge in [-0.15, -0.1) is 0 Å². The van der Waals surface area contributed by atoms with Crippen LogP contribution in [0.2, 0.25) is 0 Å². The Morgan fingerprint density at radius 1 is 1.04 bits per heavy atom. The van der Waals surface area contributed by atoms with Crippen molar-refractivity contribution >= 4 is 17.9 Å². The summed E-state index contributed by atoms with van der Waals surface area (Å²) in [7, 11) is 1.16. The molecule has 0 aliphatic carbocycles. The van der Waals surface area contributed by atoms with Crippen LogP contribution >= 0.6 is 0 Å². The molecule has 7 heteroatoms. The molecular weight excluding hydrogens is 340 g/mol. The molecule has 0 aliphatic rings. The standard InChI is InChI=1S/C19H24O7/c1-5-24-16(20)13-9-11-14-10-7-8-12-15(14)26-19(3,17(21)23-4)18(22)25-6-2/h7-10,12-13H,5-6,11H2,1-4H3/b13-9+/t19-/m1/s1. The van der Waals surface area contributed by atoms with Gasteiger partial charge in [0.05, 0.1) is 20.3 Å². The second kappa shape index (κ2) is 10.2. The zero-order valence-electron chi connectivity index (χ0n) is 15.4. The fourth-order valence-electron chi connectivity index (χ4n) is 2.09. The summed E-state index contributed by atoms with van der Waals surface area (Å²) in [6.45, 7) is 5.03. The van der Waals surface area contributed by atoms with Crippen LogP contribution in [0.4, 0.5) is 0 Å². The quantitative estimate of drug-likeness (QED) is 0.287. The summed E-state index contributed by atoms with van der Waals surface area (Å²) in [5.41, 5.74) is -1.27. The number of allylic oxidation sites excluding steroid dienone is 1. The molecule has 7 nitrogen and oxygen atoms in total. The van der Waals surface area contributed by atoms with Gasteiger partial charge in [0.15, 0.2) is 0 Å². The third-order valence-electron chi connectivity index (χ3n) is 3.40. The first-order valence-corrected chi connectivity index (χ1v) is 8.24. The fraction of sp³-hybridized carbons (Fsp3) is 0.421. The van der Waals surface area contributed by atoms with Gasteiger partial charge in [-0.05, 0) is 38.8 Å². The Labute approximate surface area is 152 Å². The predicted molar refractivity (Wildman–Crippen MR) is 93.6 cm³/mol. The largest absolute Gasteiger partial charge is 0.466 e. The molecule has 26 heavy (non-hydrogen) atoms. The van der Waals surface area contributed by atoms with Gasteiger partial charge in [-0.1, -0.05) is 24.3 Å². The number of benzene rings is 1. The zero-order chi connectivity index (χ0) is 19.6. The lowest BCUT2D eigenvalue weighted by Gasteiger charge is -2.26. The van der Waals surface area contributed by atoms with Gasteiger partial charge in [0.2, 0.25) is 0 Å². The topological polar surface area (TPSA) is 88.1 Å². The first-order chi connectivity index (χ1) is 12.4. The van der Waals surface area contributed by atoms with Crippen LogP contribution in [-0.2, 0) is 35.0 Å². The van der Waals surface area contributed by atoms with Gasteiger partial charge >= 0.3 is 17.9 Å². The summed E-state index contributed by atoms with van der Waals surface area (Å²) >= 11 is 0. The lowest BCUT2D eigenvalue weighted by molar-refractivity contribution is -0.176. The highest BCUT2D eigenvalue weighted by Crippen LogP contribution is 2.26. The van der Waals surface area contributed by atoms with Gasteiger partial charge in [0.1, 0.15) is 5.75 Å². The first kappa shape index (κ1) is 21.2. The van der Waals surface area contributed by atoms with Crippen molar-refractivity contribution in [3.05, 3.63) is 42.0 Å². The molecule has 1 aromatic carbocycles. The highest BCUT2D eigenvalue weighted by molar-refractivity contribution is 6.03. The molecule has 0 spiro atoms. The molecule has 142 valence electrons. The number of carbonyl (C=O) groups is 3. The SMILES string of the molecule is CCOC(=O)/C=C/Cc1ccccc1O[C@](C)(C(=O)OC)C(=O)OCC. The Morgan fingerprint density at radius 2 is 1.69 bits per heavy atom. The van der Waals surface area contributed by atoms with E-state index in [4.69, 9.17) is 18.9 Å². The van der Waals surface area contributed by atoms with E-state index in [0.29, 0.717) is 24.3 Å². The normalized spacial score (nSPS) is 12.9. The van der Waals surface area contributed by atoms with Crippen molar-refractivity contribution < 1.29 is 33.3 Å². The Kier molecular flexibility index (Phi) is 8.34. The highest BCUT2D eigenvalue weighted by Gasteiger charge is 2.47. The van der Waals surface area contributed by atoms with Crippen molar-refractivity contribution in [2.45, 2.75) is 32.8 Å². The van der Waals surface area contributed by atoms with Crippen LogP contribution in [0.3, 0.4) is 0 Å². The molecule has 1 atom stereocenters. The van der Waals surface area contributed by atoms with Gasteiger partial charge in [0, 0.05) is 6.08 Å². The third-order valence-corrected chi connectivity index (χ3v) is 3.40. The molecule has 0 N–H and O–H groups in total. The van der Waals surface area contributed by atoms with Crippen LogP contribution in [0.5, 0.6) is 5.75 Å². The van der Waals surface area contributed by atoms with Gasteiger partial charge < -0.3 is 18.9 Å². The maximum Gasteiger partial charge on any atom is 0.362 e. The molecule has 0 saturated carbocycles. The van der Waals surface area contributed by atoms with E-state index in [1.165, 1.54) is 13.0 Å². The van der Waals surface area contributed by atoms with Gasteiger partial charge in [0.25, 0.3) is 5.60 Å². The van der Waals surface area contributed by atoms with Crippen LogP contribution in [0, 0.1) is 0 Å². The van der Waals surface area contributed by atoms with Crippen molar-refractivity contribution in [3.63, 3.8) is 0 Å². The van der Waals surface area contributed by atoms with Crippen LogP contribution in [0.15, 0.2) is 36.4 Å². The van der Waals surface area contributed by atoms with Crippen molar-refractivity contribution in [1.82, 2.24) is 0 Å². The van der Waals surface area contributed by atoms with E-state index in [2.05, 4.69) is 0 Å². The fourth-order valence-corrected chi connectivity index (χ4v) is 2.09. The number of hydrogen-bond acceptors (Lipinski definition) is 7. The van der Waals surface area contributed by atoms with Crippen molar-refractivity contribution in [1.29, 1.82) is 0 Å². The van der Waals surface area contributed by atoms with E-state index in [1.807, 2.05) is 0 Å². The van der Waals surface area contributed by atoms with Crippen LogP contribution < -0.4 is 4.74 Å². The monoisotopic (exact) mass is 364 g/mol. The lowest BCUT2D eigenvalue weighted by atomic mass is 10.1. The third kappa shape index (κ3) is 5.61. The molecule has 0 saturated heterocycles. The van der Waals surface area contributed by atoms with E-state index in [0.717, 1.165) is 7.11 Å². The predicted octanol–water partition coefficient (Wildman–Crippen LogP) is 2.22. The van der Waals surface area contributed by atoms with Crippen LogP contribution in [0.25, 0.3) is 0 Å². The molecular formula is C19H24O7. The average molecular weight is 364 g/mol. The van der Waals surface area contributed by atoms with E-state index < -0.39 is 23.5 Å². The smallest absolute Gasteiger partial charge is 0.362 e. The second-order valence-corrected chi connectivity index (χ2v) is 5.31. The number of hydrogen-bond donors (Lipinski definition) is 0. The molecule has 0 bridgehead atoms. The van der Waals surface area contributed by atoms with Crippen LogP contribution in [0.1, 0.15) is 26.3 Å². The van der Waals surface area contributed by atoms with Gasteiger partial charge in [-0.2, -0.15) is 0 Å². The summed E-state index contributed by atoms with van der Waals surface area (Å²) in [6, 6.07) is 6.86. The summed E-state index contributed by atoms with van der Waals surface area (Å²) in [4.78, 5) is 35.7. The van der Waals surface area contributed by atoms with E-state index in [-0.39, 0.29) is 6.61 Å². The van der Waals surface area contributed by atoms with E-state index in [9.17, 15) is 14.4 Å². The Morgan fingerprint density at radius 3 is 2.31 bits per heavy atom. The summed E-state index contributed by atoms with van der Waals surface area (Å²) in [5.74, 6) is -1.85. The number of carbonyl (C=O) groups excluding carboxylic acids is 3. The highest BCUT2D eigenvalue weighted by atomic mass is 16.6. The minimum atomic E-state index is -1.94. The number of rotatable bonds is 9. The Hall–Kier alpha value is -2.83. The number of ether oxygens (including phenoxy) is 4. The zero-order valence-corrected chi connectivity index (χ0v) is 15.4. The van der Waals surface area contributed by atoms with Gasteiger partial charge in [-0.25, -0.2) is 14.4 Å². The number of esters is 3. The van der Waals surface area contributed by atoms with Crippen molar-refractivity contribution in [2.24, 2.45) is 0 Å². The maximum atomic E-state index is 12.2. The van der Waals surface area contributed by atoms with Crippen molar-refractivity contribution in [2.75, 3.05) is 20.3 Å². The Bertz CT molecular complexity index is 666. The van der Waals surface area contributed by atoms with Crippen LogP contribution in [-0.4, -0.2) is 43.8 Å². The molecule has 0 aliphatic heterocycles. The summed E-state index contributed by atoms with van der Waals surface area (Å²) in [5, 5.41) is 0. The minimum absolute atomic E-state index is 0.0959. The average Bonchev–Trinajstić information content (AvgIpc) is 2.62. The summed E-state index contributed by atoms with van der Waals surface area (Å²) < 4.78 is 20.2. The second-order valence-electron chi connectivity index (χ2n) is 5.31. The molecule has 0 amide bonds. The summed E-state index contributed by atoms with van der Waals surface area (Å²) in [6.07, 6.45) is 3.26. The lowest BCUT2D eigenvalue weighted by Crippen LogP contribution is -2.51. The first-order valence-electron chi connectivity index (χ1n) is 8.24. The molecule has 1 rings (SSSR count). The maximum absolute atomic E-state index is 12.2. The number of methoxy groups -OCH3 is 1. The number of para-hydroxylation sites is 1. The molecule has 0 aromatic heterocycles. The minimum Gasteiger partial charge on any atom is -0.466 e. The molecule has 0 heterocycles. The molecule has 1 aromatic rings. The van der Waals surface area contributed by atoms with E-state index >= 15 is 0 Å². The molecule has 0 fully saturated rings. The Balaban J connectivity index is 3.05. The van der Waals surface area contributed by atoms with E-state index in [1.54, 1.807) is 44.2 Å².